The Labute approximate surface area is 141 Å². The van der Waals surface area contributed by atoms with Crippen molar-refractivity contribution in [1.82, 2.24) is 15.6 Å². The number of carbonyl (C=O) groups excluding carboxylic acids is 2. The van der Waals surface area contributed by atoms with E-state index in [9.17, 15) is 18.0 Å². The molecule has 0 aliphatic carbocycles. The maximum atomic E-state index is 12.4. The minimum absolute atomic E-state index is 0.0609. The maximum absolute atomic E-state index is 12.4. The van der Waals surface area contributed by atoms with Crippen LogP contribution in [-0.2, 0) is 14.6 Å². The van der Waals surface area contributed by atoms with Crippen molar-refractivity contribution in [3.05, 3.63) is 24.5 Å². The van der Waals surface area contributed by atoms with Gasteiger partial charge in [-0.3, -0.25) is 9.78 Å². The summed E-state index contributed by atoms with van der Waals surface area (Å²) in [5.74, 6) is -0.478. The molecule has 8 nitrogen and oxygen atoms in total. The van der Waals surface area contributed by atoms with Gasteiger partial charge >= 0.3 is 6.03 Å². The van der Waals surface area contributed by atoms with Crippen LogP contribution in [0, 0.1) is 5.92 Å². The number of urea groups is 1. The maximum Gasteiger partial charge on any atom is 0.315 e. The fourth-order valence-electron chi connectivity index (χ4n) is 2.47. The monoisotopic (exact) mass is 354 g/mol. The molecule has 0 radical (unpaired) electrons. The van der Waals surface area contributed by atoms with E-state index in [1.807, 2.05) is 13.8 Å². The van der Waals surface area contributed by atoms with Gasteiger partial charge in [-0.05, 0) is 24.5 Å². The highest BCUT2D eigenvalue weighted by molar-refractivity contribution is 7.91. The third kappa shape index (κ3) is 5.19. The molecule has 2 rings (SSSR count). The van der Waals surface area contributed by atoms with Crippen molar-refractivity contribution in [2.24, 2.45) is 5.92 Å². The minimum Gasteiger partial charge on any atom is -0.334 e. The zero-order chi connectivity index (χ0) is 17.7. The standard InChI is InChI=1S/C15H22N4O4S/c1-10(2)13(14(20)17-11-4-3-6-16-8-11)19-15(21)18-12-5-7-24(22,23)9-12/h3-4,6,8,10,12-13H,5,7,9H2,1-2H3,(H,17,20)(H2,18,19,21). The minimum atomic E-state index is -3.07. The first-order valence-electron chi connectivity index (χ1n) is 7.75. The summed E-state index contributed by atoms with van der Waals surface area (Å²) in [5.41, 5.74) is 0.539. The van der Waals surface area contributed by atoms with Gasteiger partial charge in [0, 0.05) is 12.2 Å². The van der Waals surface area contributed by atoms with Gasteiger partial charge in [0.05, 0.1) is 23.4 Å². The summed E-state index contributed by atoms with van der Waals surface area (Å²) in [6, 6.07) is 1.69. The number of rotatable bonds is 5. The molecule has 1 aromatic heterocycles. The Morgan fingerprint density at radius 1 is 1.33 bits per heavy atom. The quantitative estimate of drug-likeness (QED) is 0.713. The Hall–Kier alpha value is -2.16. The van der Waals surface area contributed by atoms with Gasteiger partial charge in [0.15, 0.2) is 9.84 Å². The average Bonchev–Trinajstić information content (AvgIpc) is 2.84. The largest absolute Gasteiger partial charge is 0.334 e. The van der Waals surface area contributed by atoms with Crippen molar-refractivity contribution in [3.63, 3.8) is 0 Å². The molecular formula is C15H22N4O4S. The van der Waals surface area contributed by atoms with Crippen molar-refractivity contribution >= 4 is 27.5 Å². The van der Waals surface area contributed by atoms with Crippen LogP contribution in [0.15, 0.2) is 24.5 Å². The number of hydrogen-bond acceptors (Lipinski definition) is 5. The fraction of sp³-hybridized carbons (Fsp3) is 0.533. The van der Waals surface area contributed by atoms with Crippen molar-refractivity contribution < 1.29 is 18.0 Å². The van der Waals surface area contributed by atoms with Crippen molar-refractivity contribution in [1.29, 1.82) is 0 Å². The summed E-state index contributed by atoms with van der Waals surface area (Å²) in [6.45, 7) is 3.63. The molecule has 3 N–H and O–H groups in total. The molecule has 0 aromatic carbocycles. The lowest BCUT2D eigenvalue weighted by atomic mass is 10.0. The number of carbonyl (C=O) groups is 2. The van der Waals surface area contributed by atoms with Crippen molar-refractivity contribution in [2.45, 2.75) is 32.4 Å². The van der Waals surface area contributed by atoms with Crippen LogP contribution in [0.3, 0.4) is 0 Å². The van der Waals surface area contributed by atoms with E-state index < -0.39 is 28.0 Å². The van der Waals surface area contributed by atoms with Gasteiger partial charge in [0.25, 0.3) is 0 Å². The van der Waals surface area contributed by atoms with Crippen molar-refractivity contribution in [2.75, 3.05) is 16.8 Å². The molecule has 1 aliphatic heterocycles. The highest BCUT2D eigenvalue weighted by atomic mass is 32.2. The zero-order valence-electron chi connectivity index (χ0n) is 13.7. The molecule has 1 saturated heterocycles. The molecule has 1 aliphatic rings. The van der Waals surface area contributed by atoms with Gasteiger partial charge in [0.1, 0.15) is 6.04 Å². The second-order valence-corrected chi connectivity index (χ2v) is 8.40. The molecule has 2 atom stereocenters. The van der Waals surface area contributed by atoms with Crippen LogP contribution in [0.25, 0.3) is 0 Å². The Kier molecular flexibility index (Phi) is 5.76. The number of hydrogen-bond donors (Lipinski definition) is 3. The van der Waals surface area contributed by atoms with Crippen LogP contribution < -0.4 is 16.0 Å². The lowest BCUT2D eigenvalue weighted by molar-refractivity contribution is -0.118. The van der Waals surface area contributed by atoms with Gasteiger partial charge in [-0.15, -0.1) is 0 Å². The van der Waals surface area contributed by atoms with E-state index in [4.69, 9.17) is 0 Å². The second kappa shape index (κ2) is 7.61. The van der Waals surface area contributed by atoms with Gasteiger partial charge in [-0.2, -0.15) is 0 Å². The molecule has 132 valence electrons. The molecule has 3 amide bonds. The van der Waals surface area contributed by atoms with Crippen molar-refractivity contribution in [3.8, 4) is 0 Å². The zero-order valence-corrected chi connectivity index (χ0v) is 14.5. The number of nitrogens with one attached hydrogen (secondary N) is 3. The Morgan fingerprint density at radius 2 is 2.08 bits per heavy atom. The molecule has 1 fully saturated rings. The normalized spacial score (nSPS) is 20.4. The molecule has 0 saturated carbocycles. The second-order valence-electron chi connectivity index (χ2n) is 6.17. The van der Waals surface area contributed by atoms with E-state index >= 15 is 0 Å². The highest BCUT2D eigenvalue weighted by Crippen LogP contribution is 2.12. The summed E-state index contributed by atoms with van der Waals surface area (Å²) < 4.78 is 22.8. The smallest absolute Gasteiger partial charge is 0.315 e. The number of aromatic nitrogens is 1. The van der Waals surface area contributed by atoms with Crippen LogP contribution in [0.5, 0.6) is 0 Å². The van der Waals surface area contributed by atoms with E-state index in [-0.39, 0.29) is 23.3 Å². The fourth-order valence-corrected chi connectivity index (χ4v) is 4.14. The van der Waals surface area contributed by atoms with Crippen LogP contribution >= 0.6 is 0 Å². The Morgan fingerprint density at radius 3 is 2.62 bits per heavy atom. The third-order valence-corrected chi connectivity index (χ3v) is 5.50. The summed E-state index contributed by atoms with van der Waals surface area (Å²) >= 11 is 0. The van der Waals surface area contributed by atoms with E-state index in [1.165, 1.54) is 6.20 Å². The molecule has 9 heteroatoms. The topological polar surface area (TPSA) is 117 Å². The van der Waals surface area contributed by atoms with Crippen LogP contribution in [0.1, 0.15) is 20.3 Å². The van der Waals surface area contributed by atoms with Crippen LogP contribution in [0.2, 0.25) is 0 Å². The predicted molar refractivity (Wildman–Crippen MR) is 90.2 cm³/mol. The van der Waals surface area contributed by atoms with E-state index in [2.05, 4.69) is 20.9 Å². The molecule has 2 heterocycles. The number of pyridine rings is 1. The van der Waals surface area contributed by atoms with E-state index in [0.29, 0.717) is 12.1 Å². The number of nitrogens with zero attached hydrogens (tertiary/aromatic N) is 1. The van der Waals surface area contributed by atoms with Gasteiger partial charge in [-0.1, -0.05) is 13.8 Å². The Balaban J connectivity index is 1.93. The SMILES string of the molecule is CC(C)C(NC(=O)NC1CCS(=O)(=O)C1)C(=O)Nc1cccnc1. The summed E-state index contributed by atoms with van der Waals surface area (Å²) in [7, 11) is -3.07. The van der Waals surface area contributed by atoms with Crippen LogP contribution in [-0.4, -0.2) is 48.9 Å². The van der Waals surface area contributed by atoms with E-state index in [0.717, 1.165) is 0 Å². The number of amides is 3. The molecule has 1 aromatic rings. The van der Waals surface area contributed by atoms with Gasteiger partial charge in [0.2, 0.25) is 5.91 Å². The summed E-state index contributed by atoms with van der Waals surface area (Å²) in [5, 5.41) is 7.93. The van der Waals surface area contributed by atoms with Gasteiger partial charge in [-0.25, -0.2) is 13.2 Å². The summed E-state index contributed by atoms with van der Waals surface area (Å²) in [4.78, 5) is 28.3. The molecular weight excluding hydrogens is 332 g/mol. The number of anilines is 1. The predicted octanol–water partition coefficient (Wildman–Crippen LogP) is 0.531. The third-order valence-electron chi connectivity index (χ3n) is 3.73. The Bertz CT molecular complexity index is 691. The number of sulfone groups is 1. The first kappa shape index (κ1) is 18.2. The molecule has 2 unspecified atom stereocenters. The molecule has 24 heavy (non-hydrogen) atoms. The van der Waals surface area contributed by atoms with E-state index in [1.54, 1.807) is 18.3 Å². The molecule has 0 spiro atoms. The first-order chi connectivity index (χ1) is 11.3. The highest BCUT2D eigenvalue weighted by Gasteiger charge is 2.30. The lowest BCUT2D eigenvalue weighted by Crippen LogP contribution is -2.52. The molecule has 0 bridgehead atoms. The lowest BCUT2D eigenvalue weighted by Gasteiger charge is -2.23. The summed E-state index contributed by atoms with van der Waals surface area (Å²) in [6.07, 6.45) is 3.50. The average molecular weight is 354 g/mol. The first-order valence-corrected chi connectivity index (χ1v) is 9.57. The van der Waals surface area contributed by atoms with Crippen LogP contribution in [0.4, 0.5) is 10.5 Å². The van der Waals surface area contributed by atoms with Gasteiger partial charge < -0.3 is 16.0 Å².